The van der Waals surface area contributed by atoms with E-state index in [1.807, 2.05) is 25.1 Å². The number of nitrogens with zero attached hydrogens (tertiary/aromatic N) is 3. The molecule has 108 valence electrons. The van der Waals surface area contributed by atoms with Gasteiger partial charge < -0.3 is 15.8 Å². The molecule has 0 aliphatic heterocycles. The van der Waals surface area contributed by atoms with E-state index >= 15 is 0 Å². The molecule has 1 amide bonds. The summed E-state index contributed by atoms with van der Waals surface area (Å²) in [4.78, 5) is 18.5. The third-order valence-corrected chi connectivity index (χ3v) is 3.91. The first-order chi connectivity index (χ1) is 9.49. The lowest BCUT2D eigenvalue weighted by atomic mass is 9.67. The van der Waals surface area contributed by atoms with Crippen LogP contribution in [0.25, 0.3) is 0 Å². The molecular formula is C14H20N4O2. The van der Waals surface area contributed by atoms with Gasteiger partial charge in [-0.15, -0.1) is 0 Å². The van der Waals surface area contributed by atoms with Crippen LogP contribution in [-0.4, -0.2) is 33.9 Å². The Hall–Kier alpha value is -2.11. The Bertz CT molecular complexity index is 538. The first kappa shape index (κ1) is 14.3. The molecular weight excluding hydrogens is 256 g/mol. The molecule has 0 saturated heterocycles. The van der Waals surface area contributed by atoms with Gasteiger partial charge in [-0.25, -0.2) is 0 Å². The third-order valence-electron chi connectivity index (χ3n) is 3.91. The lowest BCUT2D eigenvalue weighted by Crippen LogP contribution is -2.54. The number of carbonyl (C=O) groups excluding carboxylic acids is 1. The quantitative estimate of drug-likeness (QED) is 0.375. The van der Waals surface area contributed by atoms with Crippen LogP contribution in [0.15, 0.2) is 23.4 Å². The predicted molar refractivity (Wildman–Crippen MR) is 75.1 cm³/mol. The van der Waals surface area contributed by atoms with Crippen LogP contribution in [0.2, 0.25) is 0 Å². The Kier molecular flexibility index (Phi) is 3.92. The number of aryl methyl sites for hydroxylation is 1. The van der Waals surface area contributed by atoms with Gasteiger partial charge in [0.05, 0.1) is 12.2 Å². The number of aromatic nitrogens is 1. The van der Waals surface area contributed by atoms with Gasteiger partial charge in [0, 0.05) is 12.7 Å². The van der Waals surface area contributed by atoms with E-state index in [2.05, 4.69) is 10.1 Å². The van der Waals surface area contributed by atoms with Gasteiger partial charge >= 0.3 is 0 Å². The highest BCUT2D eigenvalue weighted by atomic mass is 16.4. The number of rotatable bonds is 4. The number of hydrogen-bond acceptors (Lipinski definition) is 4. The number of hydrogen-bond donors (Lipinski definition) is 2. The summed E-state index contributed by atoms with van der Waals surface area (Å²) in [5.74, 6) is -0.0971. The third kappa shape index (κ3) is 2.45. The molecule has 1 aliphatic carbocycles. The molecule has 1 aromatic rings. The minimum Gasteiger partial charge on any atom is -0.409 e. The molecule has 1 aromatic heterocycles. The van der Waals surface area contributed by atoms with Crippen molar-refractivity contribution in [3.8, 4) is 0 Å². The zero-order valence-corrected chi connectivity index (χ0v) is 11.8. The van der Waals surface area contributed by atoms with Crippen molar-refractivity contribution < 1.29 is 10.0 Å². The maximum Gasteiger partial charge on any atom is 0.236 e. The van der Waals surface area contributed by atoms with Gasteiger partial charge in [-0.05, 0) is 31.9 Å². The molecule has 0 bridgehead atoms. The highest BCUT2D eigenvalue weighted by Gasteiger charge is 2.49. The molecule has 2 rings (SSSR count). The minimum absolute atomic E-state index is 0.0119. The first-order valence-electron chi connectivity index (χ1n) is 6.66. The van der Waals surface area contributed by atoms with Crippen molar-refractivity contribution in [2.45, 2.75) is 32.7 Å². The van der Waals surface area contributed by atoms with E-state index in [1.54, 1.807) is 11.9 Å². The number of amidine groups is 1. The lowest BCUT2D eigenvalue weighted by Gasteiger charge is -2.41. The number of nitrogens with two attached hydrogens (primary N) is 1. The fourth-order valence-corrected chi connectivity index (χ4v) is 2.57. The fraction of sp³-hybridized carbons (Fsp3) is 0.500. The van der Waals surface area contributed by atoms with E-state index in [0.717, 1.165) is 17.8 Å². The molecule has 20 heavy (non-hydrogen) atoms. The minimum atomic E-state index is -0.826. The number of carbonyl (C=O) groups is 1. The van der Waals surface area contributed by atoms with E-state index in [0.29, 0.717) is 19.4 Å². The Labute approximate surface area is 118 Å². The summed E-state index contributed by atoms with van der Waals surface area (Å²) in [7, 11) is 1.72. The number of oxime groups is 1. The van der Waals surface area contributed by atoms with Crippen molar-refractivity contribution in [2.24, 2.45) is 16.3 Å². The van der Waals surface area contributed by atoms with Gasteiger partial charge in [0.1, 0.15) is 5.41 Å². The zero-order valence-electron chi connectivity index (χ0n) is 11.8. The van der Waals surface area contributed by atoms with Crippen molar-refractivity contribution in [1.29, 1.82) is 0 Å². The molecule has 6 heteroatoms. The van der Waals surface area contributed by atoms with E-state index in [9.17, 15) is 4.79 Å². The second-order valence-corrected chi connectivity index (χ2v) is 5.35. The number of amides is 1. The summed E-state index contributed by atoms with van der Waals surface area (Å²) in [6.07, 6.45) is 2.18. The van der Waals surface area contributed by atoms with Crippen molar-refractivity contribution in [3.05, 3.63) is 29.6 Å². The Morgan fingerprint density at radius 2 is 2.25 bits per heavy atom. The van der Waals surface area contributed by atoms with E-state index in [4.69, 9.17) is 10.9 Å². The van der Waals surface area contributed by atoms with E-state index in [1.165, 1.54) is 0 Å². The second-order valence-electron chi connectivity index (χ2n) is 5.35. The van der Waals surface area contributed by atoms with Crippen LogP contribution < -0.4 is 5.73 Å². The summed E-state index contributed by atoms with van der Waals surface area (Å²) >= 11 is 0. The number of pyridine rings is 1. The van der Waals surface area contributed by atoms with Crippen molar-refractivity contribution in [1.82, 2.24) is 9.88 Å². The molecule has 0 radical (unpaired) electrons. The van der Waals surface area contributed by atoms with Crippen molar-refractivity contribution >= 4 is 11.7 Å². The van der Waals surface area contributed by atoms with Gasteiger partial charge in [0.25, 0.3) is 0 Å². The highest BCUT2D eigenvalue weighted by molar-refractivity contribution is 6.07. The van der Waals surface area contributed by atoms with Gasteiger partial charge in [0.2, 0.25) is 5.91 Å². The summed E-state index contributed by atoms with van der Waals surface area (Å²) in [6, 6.07) is 5.71. The highest BCUT2D eigenvalue weighted by Crippen LogP contribution is 2.42. The van der Waals surface area contributed by atoms with Crippen molar-refractivity contribution in [3.63, 3.8) is 0 Å². The normalized spacial score (nSPS) is 17.4. The molecule has 1 heterocycles. The van der Waals surface area contributed by atoms with Crippen LogP contribution in [0.3, 0.4) is 0 Å². The Morgan fingerprint density at radius 3 is 2.75 bits per heavy atom. The summed E-state index contributed by atoms with van der Waals surface area (Å²) in [5, 5.41) is 11.9. The van der Waals surface area contributed by atoms with Gasteiger partial charge in [-0.1, -0.05) is 17.6 Å². The first-order valence-corrected chi connectivity index (χ1v) is 6.66. The van der Waals surface area contributed by atoms with Crippen LogP contribution in [0.4, 0.5) is 0 Å². The SMILES string of the molecule is Cc1cccc(CN(C)C(=O)C2(/C(N)=N/O)CCC2)n1. The molecule has 1 aliphatic rings. The topological polar surface area (TPSA) is 91.8 Å². The molecule has 3 N–H and O–H groups in total. The fourth-order valence-electron chi connectivity index (χ4n) is 2.57. The lowest BCUT2D eigenvalue weighted by molar-refractivity contribution is -0.141. The van der Waals surface area contributed by atoms with Gasteiger partial charge in [0.15, 0.2) is 5.84 Å². The maximum absolute atomic E-state index is 12.6. The molecule has 0 aromatic carbocycles. The molecule has 6 nitrogen and oxygen atoms in total. The Morgan fingerprint density at radius 1 is 1.55 bits per heavy atom. The smallest absolute Gasteiger partial charge is 0.236 e. The van der Waals surface area contributed by atoms with Crippen LogP contribution >= 0.6 is 0 Å². The Balaban J connectivity index is 2.12. The van der Waals surface area contributed by atoms with Crippen LogP contribution in [0.1, 0.15) is 30.7 Å². The van der Waals surface area contributed by atoms with E-state index < -0.39 is 5.41 Å². The molecule has 0 unspecified atom stereocenters. The second kappa shape index (κ2) is 5.48. The van der Waals surface area contributed by atoms with Crippen LogP contribution in [0, 0.1) is 12.3 Å². The zero-order chi connectivity index (χ0) is 14.8. The standard InChI is InChI=1S/C14H20N4O2/c1-10-5-3-6-11(16-10)9-18(2)13(19)14(7-4-8-14)12(15)17-20/h3,5-6,20H,4,7-9H2,1-2H3,(H2,15,17). The summed E-state index contributed by atoms with van der Waals surface area (Å²) in [5.41, 5.74) is 6.62. The van der Waals surface area contributed by atoms with E-state index in [-0.39, 0.29) is 11.7 Å². The van der Waals surface area contributed by atoms with Crippen LogP contribution in [-0.2, 0) is 11.3 Å². The van der Waals surface area contributed by atoms with Gasteiger partial charge in [-0.2, -0.15) is 0 Å². The van der Waals surface area contributed by atoms with Crippen LogP contribution in [0.5, 0.6) is 0 Å². The average Bonchev–Trinajstić information content (AvgIpc) is 2.37. The summed E-state index contributed by atoms with van der Waals surface area (Å²) < 4.78 is 0. The molecule has 0 spiro atoms. The monoisotopic (exact) mass is 276 g/mol. The molecule has 1 saturated carbocycles. The van der Waals surface area contributed by atoms with Gasteiger partial charge in [-0.3, -0.25) is 9.78 Å². The maximum atomic E-state index is 12.6. The van der Waals surface area contributed by atoms with Crippen molar-refractivity contribution in [2.75, 3.05) is 7.05 Å². The summed E-state index contributed by atoms with van der Waals surface area (Å²) in [6.45, 7) is 2.33. The molecule has 1 fully saturated rings. The predicted octanol–water partition coefficient (Wildman–Crippen LogP) is 1.27. The average molecular weight is 276 g/mol. The molecule has 0 atom stereocenters. The largest absolute Gasteiger partial charge is 0.409 e.